The van der Waals surface area contributed by atoms with Gasteiger partial charge in [-0.1, -0.05) is 41.6 Å². The van der Waals surface area contributed by atoms with Crippen LogP contribution in [-0.2, 0) is 4.79 Å². The Labute approximate surface area is 163 Å². The summed E-state index contributed by atoms with van der Waals surface area (Å²) in [5.74, 6) is -0.0837. The highest BCUT2D eigenvalue weighted by atomic mass is 35.5. The maximum Gasteiger partial charge on any atom is 0.277 e. The molecule has 1 heterocycles. The number of hydrogen-bond donors (Lipinski definition) is 1. The minimum atomic E-state index is -0.492. The predicted molar refractivity (Wildman–Crippen MR) is 102 cm³/mol. The number of carbonyl (C=O) groups is 1. The van der Waals surface area contributed by atoms with Gasteiger partial charge in [-0.2, -0.15) is 0 Å². The Balaban J connectivity index is 1.61. The van der Waals surface area contributed by atoms with Crippen LogP contribution in [0.2, 0.25) is 5.02 Å². The van der Waals surface area contributed by atoms with E-state index in [2.05, 4.69) is 15.5 Å². The maximum absolute atomic E-state index is 12.1. The van der Waals surface area contributed by atoms with E-state index in [0.717, 1.165) is 11.8 Å². The third kappa shape index (κ3) is 4.63. The lowest BCUT2D eigenvalue weighted by molar-refractivity contribution is -0.385. The molecule has 27 heavy (non-hydrogen) atoms. The van der Waals surface area contributed by atoms with Crippen LogP contribution in [0.4, 0.5) is 11.4 Å². The third-order valence-electron chi connectivity index (χ3n) is 3.53. The molecule has 1 N–H and O–H groups in total. The molecule has 0 saturated heterocycles. The number of nitro groups is 1. The highest BCUT2D eigenvalue weighted by Crippen LogP contribution is 2.29. The number of rotatable bonds is 6. The molecule has 1 amide bonds. The topological polar surface area (TPSA) is 111 Å². The Bertz CT molecular complexity index is 1010. The fourth-order valence-corrected chi connectivity index (χ4v) is 3.00. The molecule has 0 saturated carbocycles. The molecule has 0 radical (unpaired) electrons. The predicted octanol–water partition coefficient (Wildman–Crippen LogP) is 4.34. The highest BCUT2D eigenvalue weighted by molar-refractivity contribution is 7.99. The van der Waals surface area contributed by atoms with Crippen LogP contribution in [0.3, 0.4) is 0 Å². The van der Waals surface area contributed by atoms with Gasteiger partial charge in [-0.3, -0.25) is 14.9 Å². The number of carbonyl (C=O) groups excluding carboxylic acids is 1. The molecule has 0 aliphatic heterocycles. The first-order valence-corrected chi connectivity index (χ1v) is 9.06. The lowest BCUT2D eigenvalue weighted by Crippen LogP contribution is -2.14. The van der Waals surface area contributed by atoms with Gasteiger partial charge in [-0.15, -0.1) is 10.2 Å². The van der Waals surface area contributed by atoms with Crippen molar-refractivity contribution in [2.24, 2.45) is 0 Å². The van der Waals surface area contributed by atoms with E-state index in [0.29, 0.717) is 21.8 Å². The first-order chi connectivity index (χ1) is 12.9. The molecule has 0 fully saturated rings. The quantitative estimate of drug-likeness (QED) is 0.369. The molecule has 0 aliphatic carbocycles. The molecule has 2 aromatic carbocycles. The monoisotopic (exact) mass is 404 g/mol. The second-order valence-corrected chi connectivity index (χ2v) is 6.78. The van der Waals surface area contributed by atoms with Crippen molar-refractivity contribution in [3.05, 3.63) is 63.2 Å². The van der Waals surface area contributed by atoms with Crippen molar-refractivity contribution in [1.82, 2.24) is 10.2 Å². The number of nitro benzene ring substituents is 1. The summed E-state index contributed by atoms with van der Waals surface area (Å²) in [4.78, 5) is 22.5. The van der Waals surface area contributed by atoms with Crippen LogP contribution >= 0.6 is 23.4 Å². The molecule has 0 unspecified atom stereocenters. The second kappa shape index (κ2) is 8.19. The summed E-state index contributed by atoms with van der Waals surface area (Å²) in [5, 5.41) is 22.1. The Hall–Kier alpha value is -2.91. The number of anilines is 1. The summed E-state index contributed by atoms with van der Waals surface area (Å²) in [6.45, 7) is 1.63. The van der Waals surface area contributed by atoms with Crippen LogP contribution in [0.25, 0.3) is 11.5 Å². The fraction of sp³-hybridized carbons (Fsp3) is 0.118. The van der Waals surface area contributed by atoms with Gasteiger partial charge in [0.1, 0.15) is 0 Å². The van der Waals surface area contributed by atoms with E-state index < -0.39 is 4.92 Å². The number of nitrogens with one attached hydrogen (secondary N) is 1. The summed E-state index contributed by atoms with van der Waals surface area (Å²) < 4.78 is 5.50. The SMILES string of the molecule is Cc1ccc(NC(=O)CSc2nnc(-c3ccccc3Cl)o2)cc1[N+](=O)[O-]. The van der Waals surface area contributed by atoms with Gasteiger partial charge in [0.25, 0.3) is 10.9 Å². The Morgan fingerprint density at radius 3 is 2.81 bits per heavy atom. The average Bonchev–Trinajstić information content (AvgIpc) is 3.10. The fourth-order valence-electron chi connectivity index (χ4n) is 2.22. The van der Waals surface area contributed by atoms with Gasteiger partial charge in [-0.05, 0) is 25.1 Å². The zero-order chi connectivity index (χ0) is 19.4. The minimum absolute atomic E-state index is 0.00578. The molecule has 3 rings (SSSR count). The molecule has 138 valence electrons. The Kier molecular flexibility index (Phi) is 5.72. The number of amides is 1. The molecule has 0 aliphatic rings. The van der Waals surface area contributed by atoms with Crippen molar-refractivity contribution >= 4 is 40.6 Å². The van der Waals surface area contributed by atoms with Gasteiger partial charge in [0.15, 0.2) is 0 Å². The van der Waals surface area contributed by atoms with Gasteiger partial charge in [0.2, 0.25) is 11.8 Å². The standard InChI is InChI=1S/C17H13ClN4O4S/c1-10-6-7-11(8-14(10)22(24)25)19-15(23)9-27-17-21-20-16(26-17)12-4-2-3-5-13(12)18/h2-8H,9H2,1H3,(H,19,23). The number of nitrogens with zero attached hydrogens (tertiary/aromatic N) is 3. The molecular formula is C17H13ClN4O4S. The summed E-state index contributed by atoms with van der Waals surface area (Å²) in [6, 6.07) is 11.6. The van der Waals surface area contributed by atoms with Crippen molar-refractivity contribution < 1.29 is 14.1 Å². The number of thioether (sulfide) groups is 1. The third-order valence-corrected chi connectivity index (χ3v) is 4.68. The molecular weight excluding hydrogens is 392 g/mol. The zero-order valence-electron chi connectivity index (χ0n) is 14.0. The van der Waals surface area contributed by atoms with Gasteiger partial charge < -0.3 is 9.73 Å². The average molecular weight is 405 g/mol. The minimum Gasteiger partial charge on any atom is -0.411 e. The van der Waals surface area contributed by atoms with Crippen LogP contribution in [-0.4, -0.2) is 26.8 Å². The molecule has 0 spiro atoms. The lowest BCUT2D eigenvalue weighted by Gasteiger charge is -2.05. The normalized spacial score (nSPS) is 10.6. The highest BCUT2D eigenvalue weighted by Gasteiger charge is 2.15. The molecule has 0 atom stereocenters. The van der Waals surface area contributed by atoms with Crippen LogP contribution in [0.5, 0.6) is 0 Å². The summed E-state index contributed by atoms with van der Waals surface area (Å²) in [7, 11) is 0. The maximum atomic E-state index is 12.1. The van der Waals surface area contributed by atoms with E-state index in [1.165, 1.54) is 6.07 Å². The summed E-state index contributed by atoms with van der Waals surface area (Å²) >= 11 is 7.14. The molecule has 1 aromatic heterocycles. The number of aromatic nitrogens is 2. The van der Waals surface area contributed by atoms with E-state index in [4.69, 9.17) is 16.0 Å². The van der Waals surface area contributed by atoms with Crippen molar-refractivity contribution in [1.29, 1.82) is 0 Å². The van der Waals surface area contributed by atoms with Crippen LogP contribution in [0.1, 0.15) is 5.56 Å². The molecule has 3 aromatic rings. The second-order valence-electron chi connectivity index (χ2n) is 5.45. The van der Waals surface area contributed by atoms with Gasteiger partial charge in [0, 0.05) is 17.3 Å². The summed E-state index contributed by atoms with van der Waals surface area (Å²) in [5.41, 5.74) is 1.42. The number of hydrogen-bond acceptors (Lipinski definition) is 7. The molecule has 0 bridgehead atoms. The number of halogens is 1. The zero-order valence-corrected chi connectivity index (χ0v) is 15.6. The van der Waals surface area contributed by atoms with Gasteiger partial charge >= 0.3 is 0 Å². The van der Waals surface area contributed by atoms with Crippen LogP contribution in [0, 0.1) is 17.0 Å². The summed E-state index contributed by atoms with van der Waals surface area (Å²) in [6.07, 6.45) is 0. The van der Waals surface area contributed by atoms with Crippen LogP contribution in [0.15, 0.2) is 52.1 Å². The van der Waals surface area contributed by atoms with E-state index in [-0.39, 0.29) is 28.5 Å². The smallest absolute Gasteiger partial charge is 0.277 e. The molecule has 8 nitrogen and oxygen atoms in total. The number of benzene rings is 2. The van der Waals surface area contributed by atoms with Crippen molar-refractivity contribution in [3.63, 3.8) is 0 Å². The number of aryl methyl sites for hydroxylation is 1. The first-order valence-electron chi connectivity index (χ1n) is 7.70. The first kappa shape index (κ1) is 18.9. The largest absolute Gasteiger partial charge is 0.411 e. The lowest BCUT2D eigenvalue weighted by atomic mass is 10.2. The molecule has 10 heteroatoms. The van der Waals surface area contributed by atoms with Crippen LogP contribution < -0.4 is 5.32 Å². The van der Waals surface area contributed by atoms with Gasteiger partial charge in [0.05, 0.1) is 21.3 Å². The Morgan fingerprint density at radius 1 is 1.30 bits per heavy atom. The van der Waals surface area contributed by atoms with Gasteiger partial charge in [-0.25, -0.2) is 0 Å². The van der Waals surface area contributed by atoms with Crippen molar-refractivity contribution in [2.45, 2.75) is 12.1 Å². The van der Waals surface area contributed by atoms with E-state index in [1.807, 2.05) is 0 Å². The van der Waals surface area contributed by atoms with E-state index in [1.54, 1.807) is 43.3 Å². The van der Waals surface area contributed by atoms with Crippen molar-refractivity contribution in [2.75, 3.05) is 11.1 Å². The van der Waals surface area contributed by atoms with Crippen molar-refractivity contribution in [3.8, 4) is 11.5 Å². The Morgan fingerprint density at radius 2 is 2.07 bits per heavy atom. The van der Waals surface area contributed by atoms with E-state index in [9.17, 15) is 14.9 Å². The van der Waals surface area contributed by atoms with E-state index >= 15 is 0 Å².